The van der Waals surface area contributed by atoms with Crippen molar-refractivity contribution in [3.05, 3.63) is 0 Å². The van der Waals surface area contributed by atoms with Crippen LogP contribution in [-0.2, 0) is 24.0 Å². The molecule has 0 aliphatic rings. The number of carbonyl (C=O) groups excluding carboxylic acids is 4. The molecule has 0 heterocycles. The van der Waals surface area contributed by atoms with Crippen molar-refractivity contribution in [3.63, 3.8) is 0 Å². The van der Waals surface area contributed by atoms with Gasteiger partial charge in [-0.2, -0.15) is 0 Å². The van der Waals surface area contributed by atoms with Gasteiger partial charge < -0.3 is 42.9 Å². The molecule has 33 heavy (non-hydrogen) atoms. The Labute approximate surface area is 191 Å². The standard InChI is InChI=1S/C19H34N6O8/c1-9(2)14(18(31)32)25-17(30)11(5-4-8-22-19(21)33)24-16(29)12(6-7-13(26)27)23-15(28)10(3)20/h9-12,14H,4-8,20H2,1-3H3,(H,23,28)(H,24,29)(H,25,30)(H,26,27)(H,31,32)(H3,21,22,33)/t10-,11-,12-,14-/m0/s1. The van der Waals surface area contributed by atoms with Crippen molar-refractivity contribution < 1.29 is 39.0 Å². The van der Waals surface area contributed by atoms with E-state index in [2.05, 4.69) is 21.3 Å². The lowest BCUT2D eigenvalue weighted by atomic mass is 10.0. The number of primary amides is 1. The number of carboxylic acids is 2. The molecule has 0 bridgehead atoms. The highest BCUT2D eigenvalue weighted by atomic mass is 16.4. The molecule has 0 radical (unpaired) electrons. The Balaban J connectivity index is 5.53. The molecular formula is C19H34N6O8. The van der Waals surface area contributed by atoms with Crippen molar-refractivity contribution in [1.82, 2.24) is 21.3 Å². The predicted molar refractivity (Wildman–Crippen MR) is 116 cm³/mol. The molecule has 0 rings (SSSR count). The third-order valence-electron chi connectivity index (χ3n) is 4.53. The SMILES string of the molecule is CC(C)[C@H](NC(=O)[C@H](CCCNC(N)=O)NC(=O)[C@H](CCC(=O)O)NC(=O)[C@H](C)N)C(=O)O. The summed E-state index contributed by atoms with van der Waals surface area (Å²) in [6.07, 6.45) is -0.506. The molecule has 5 amide bonds. The lowest BCUT2D eigenvalue weighted by Crippen LogP contribution is -2.57. The second-order valence-corrected chi connectivity index (χ2v) is 7.85. The van der Waals surface area contributed by atoms with Crippen molar-refractivity contribution in [3.8, 4) is 0 Å². The van der Waals surface area contributed by atoms with Crippen LogP contribution in [0.25, 0.3) is 0 Å². The summed E-state index contributed by atoms with van der Waals surface area (Å²) in [4.78, 5) is 70.6. The van der Waals surface area contributed by atoms with Crippen LogP contribution in [0.2, 0.25) is 0 Å². The highest BCUT2D eigenvalue weighted by Gasteiger charge is 2.31. The molecule has 0 spiro atoms. The van der Waals surface area contributed by atoms with Crippen LogP contribution in [0.4, 0.5) is 4.79 Å². The number of hydrogen-bond acceptors (Lipinski definition) is 7. The van der Waals surface area contributed by atoms with Crippen LogP contribution < -0.4 is 32.7 Å². The molecule has 0 unspecified atom stereocenters. The molecule has 0 fully saturated rings. The van der Waals surface area contributed by atoms with Gasteiger partial charge in [-0.1, -0.05) is 13.8 Å². The van der Waals surface area contributed by atoms with E-state index in [1.807, 2.05) is 0 Å². The van der Waals surface area contributed by atoms with Crippen LogP contribution in [0.3, 0.4) is 0 Å². The van der Waals surface area contributed by atoms with Crippen LogP contribution in [0.1, 0.15) is 46.5 Å². The Morgan fingerprint density at radius 3 is 1.79 bits per heavy atom. The van der Waals surface area contributed by atoms with Crippen LogP contribution in [0.5, 0.6) is 0 Å². The number of rotatable bonds is 15. The van der Waals surface area contributed by atoms with Gasteiger partial charge in [-0.25, -0.2) is 9.59 Å². The Hall–Kier alpha value is -3.42. The molecule has 14 nitrogen and oxygen atoms in total. The minimum Gasteiger partial charge on any atom is -0.481 e. The number of nitrogens with one attached hydrogen (secondary N) is 4. The maximum absolute atomic E-state index is 12.8. The van der Waals surface area contributed by atoms with Crippen LogP contribution in [0, 0.1) is 5.92 Å². The first-order valence-corrected chi connectivity index (χ1v) is 10.4. The lowest BCUT2D eigenvalue weighted by molar-refractivity contribution is -0.143. The van der Waals surface area contributed by atoms with Gasteiger partial charge in [0.2, 0.25) is 17.7 Å². The number of aliphatic carboxylic acids is 2. The summed E-state index contributed by atoms with van der Waals surface area (Å²) in [6, 6.07) is -5.49. The van der Waals surface area contributed by atoms with Gasteiger partial charge in [0.15, 0.2) is 0 Å². The summed E-state index contributed by atoms with van der Waals surface area (Å²) in [5.41, 5.74) is 10.5. The zero-order chi connectivity index (χ0) is 25.7. The highest BCUT2D eigenvalue weighted by Crippen LogP contribution is 2.06. The molecule has 0 aromatic rings. The molecule has 14 heteroatoms. The number of amides is 5. The summed E-state index contributed by atoms with van der Waals surface area (Å²) in [5, 5.41) is 27.7. The zero-order valence-corrected chi connectivity index (χ0v) is 18.9. The summed E-state index contributed by atoms with van der Waals surface area (Å²) in [5.74, 6) is -5.24. The largest absolute Gasteiger partial charge is 0.481 e. The van der Waals surface area contributed by atoms with Gasteiger partial charge in [0.1, 0.15) is 18.1 Å². The Morgan fingerprint density at radius 1 is 0.818 bits per heavy atom. The Bertz CT molecular complexity index is 727. The van der Waals surface area contributed by atoms with E-state index in [0.717, 1.165) is 0 Å². The summed E-state index contributed by atoms with van der Waals surface area (Å²) in [7, 11) is 0. The summed E-state index contributed by atoms with van der Waals surface area (Å²) >= 11 is 0. The normalized spacial score (nSPS) is 14.3. The number of carbonyl (C=O) groups is 6. The molecule has 0 aliphatic heterocycles. The van der Waals surface area contributed by atoms with Gasteiger partial charge in [0.05, 0.1) is 6.04 Å². The first-order chi connectivity index (χ1) is 15.3. The van der Waals surface area contributed by atoms with Gasteiger partial charge in [-0.15, -0.1) is 0 Å². The van der Waals surface area contributed by atoms with Gasteiger partial charge in [0.25, 0.3) is 0 Å². The molecule has 0 aliphatic carbocycles. The van der Waals surface area contributed by atoms with Crippen molar-refractivity contribution in [1.29, 1.82) is 0 Å². The maximum Gasteiger partial charge on any atom is 0.326 e. The molecule has 0 saturated heterocycles. The van der Waals surface area contributed by atoms with Crippen molar-refractivity contribution in [2.45, 2.75) is 70.6 Å². The molecule has 0 aromatic carbocycles. The van der Waals surface area contributed by atoms with Gasteiger partial charge in [-0.3, -0.25) is 19.2 Å². The fourth-order valence-corrected chi connectivity index (χ4v) is 2.67. The fraction of sp³-hybridized carbons (Fsp3) is 0.684. The highest BCUT2D eigenvalue weighted by molar-refractivity contribution is 5.94. The monoisotopic (exact) mass is 474 g/mol. The lowest BCUT2D eigenvalue weighted by Gasteiger charge is -2.25. The van der Waals surface area contributed by atoms with E-state index in [-0.39, 0.29) is 25.8 Å². The fourth-order valence-electron chi connectivity index (χ4n) is 2.67. The predicted octanol–water partition coefficient (Wildman–Crippen LogP) is -2.16. The topological polar surface area (TPSA) is 243 Å². The van der Waals surface area contributed by atoms with E-state index in [9.17, 15) is 33.9 Å². The van der Waals surface area contributed by atoms with Crippen molar-refractivity contribution >= 4 is 35.7 Å². The van der Waals surface area contributed by atoms with E-state index >= 15 is 0 Å². The average molecular weight is 475 g/mol. The average Bonchev–Trinajstić information content (AvgIpc) is 2.69. The van der Waals surface area contributed by atoms with Gasteiger partial charge >= 0.3 is 18.0 Å². The quantitative estimate of drug-likeness (QED) is 0.120. The first kappa shape index (κ1) is 29.6. The smallest absolute Gasteiger partial charge is 0.326 e. The number of carboxylic acid groups (broad SMARTS) is 2. The van der Waals surface area contributed by atoms with E-state index in [0.29, 0.717) is 0 Å². The third-order valence-corrected chi connectivity index (χ3v) is 4.53. The van der Waals surface area contributed by atoms with Gasteiger partial charge in [0, 0.05) is 13.0 Å². The number of nitrogens with two attached hydrogens (primary N) is 2. The minimum atomic E-state index is -1.29. The molecule has 10 N–H and O–H groups in total. The maximum atomic E-state index is 12.8. The molecule has 4 atom stereocenters. The van der Waals surface area contributed by atoms with Crippen molar-refractivity contribution in [2.75, 3.05) is 6.54 Å². The minimum absolute atomic E-state index is 0.00479. The summed E-state index contributed by atoms with van der Waals surface area (Å²) in [6.45, 7) is 4.65. The first-order valence-electron chi connectivity index (χ1n) is 10.4. The van der Waals surface area contributed by atoms with Crippen LogP contribution in [-0.4, -0.2) is 76.6 Å². The molecule has 0 aromatic heterocycles. The number of hydrogen-bond donors (Lipinski definition) is 8. The molecular weight excluding hydrogens is 440 g/mol. The van der Waals surface area contributed by atoms with E-state index in [4.69, 9.17) is 16.6 Å². The van der Waals surface area contributed by atoms with Crippen LogP contribution >= 0.6 is 0 Å². The second kappa shape index (κ2) is 14.6. The Morgan fingerprint density at radius 2 is 1.33 bits per heavy atom. The number of urea groups is 1. The molecule has 188 valence electrons. The zero-order valence-electron chi connectivity index (χ0n) is 18.9. The second-order valence-electron chi connectivity index (χ2n) is 7.85. The summed E-state index contributed by atoms with van der Waals surface area (Å²) < 4.78 is 0. The third kappa shape index (κ3) is 12.3. The molecule has 0 saturated carbocycles. The van der Waals surface area contributed by atoms with E-state index < -0.39 is 72.2 Å². The van der Waals surface area contributed by atoms with Crippen molar-refractivity contribution in [2.24, 2.45) is 17.4 Å². The Kier molecular flexibility index (Phi) is 13.1. The van der Waals surface area contributed by atoms with Gasteiger partial charge in [-0.05, 0) is 32.1 Å². The van der Waals surface area contributed by atoms with Crippen LogP contribution in [0.15, 0.2) is 0 Å². The van der Waals surface area contributed by atoms with E-state index in [1.54, 1.807) is 13.8 Å². The van der Waals surface area contributed by atoms with E-state index in [1.165, 1.54) is 6.92 Å².